The van der Waals surface area contributed by atoms with E-state index in [2.05, 4.69) is 109 Å². The van der Waals surface area contributed by atoms with Gasteiger partial charge in [0.05, 0.1) is 0 Å². The first kappa shape index (κ1) is 21.4. The molecule has 0 atom stereocenters. The van der Waals surface area contributed by atoms with Gasteiger partial charge in [0.1, 0.15) is 11.6 Å². The third kappa shape index (κ3) is 3.91. The zero-order valence-corrected chi connectivity index (χ0v) is 20.1. The quantitative estimate of drug-likeness (QED) is 0.249. The van der Waals surface area contributed by atoms with E-state index < -0.39 is 0 Å². The minimum absolute atomic E-state index is 0.857. The van der Waals surface area contributed by atoms with Crippen LogP contribution in [0.2, 0.25) is 0 Å². The molecule has 0 amide bonds. The number of benzene rings is 4. The minimum atomic E-state index is 0.857. The van der Waals surface area contributed by atoms with E-state index in [1.165, 1.54) is 32.7 Å². The second-order valence-corrected chi connectivity index (χ2v) is 9.09. The minimum Gasteiger partial charge on any atom is -0.358 e. The highest BCUT2D eigenvalue weighted by molar-refractivity contribution is 6.49. The largest absolute Gasteiger partial charge is 0.402 e. The predicted molar refractivity (Wildman–Crippen MR) is 154 cm³/mol. The lowest BCUT2D eigenvalue weighted by molar-refractivity contribution is 1.23. The Labute approximate surface area is 216 Å². The van der Waals surface area contributed by atoms with E-state index in [1.54, 1.807) is 0 Å². The van der Waals surface area contributed by atoms with E-state index >= 15 is 0 Å². The Balaban J connectivity index is 1.09. The van der Waals surface area contributed by atoms with Gasteiger partial charge >= 0.3 is 7.55 Å². The zero-order valence-electron chi connectivity index (χ0n) is 20.1. The smallest absolute Gasteiger partial charge is 0.358 e. The Morgan fingerprint density at radius 1 is 0.459 bits per heavy atom. The van der Waals surface area contributed by atoms with Gasteiger partial charge in [-0.25, -0.2) is 9.97 Å². The number of nitrogens with zero attached hydrogens (tertiary/aromatic N) is 4. The molecule has 1 aliphatic heterocycles. The van der Waals surface area contributed by atoms with Gasteiger partial charge in [-0.2, -0.15) is 0 Å². The molecule has 6 aromatic rings. The van der Waals surface area contributed by atoms with Gasteiger partial charge in [-0.15, -0.1) is 0 Å². The Morgan fingerprint density at radius 3 is 1.38 bits per heavy atom. The topological polar surface area (TPSA) is 32.3 Å². The van der Waals surface area contributed by atoms with E-state index in [9.17, 15) is 0 Å². The van der Waals surface area contributed by atoms with Crippen molar-refractivity contribution in [3.63, 3.8) is 0 Å². The van der Waals surface area contributed by atoms with Crippen molar-refractivity contribution in [1.29, 1.82) is 0 Å². The van der Waals surface area contributed by atoms with Crippen molar-refractivity contribution >= 4 is 40.7 Å². The van der Waals surface area contributed by atoms with Crippen molar-refractivity contribution in [2.24, 2.45) is 0 Å². The summed E-state index contributed by atoms with van der Waals surface area (Å²) in [5.41, 5.74) is 4.59. The molecule has 37 heavy (non-hydrogen) atoms. The van der Waals surface area contributed by atoms with Crippen LogP contribution in [0, 0.1) is 0 Å². The summed E-state index contributed by atoms with van der Waals surface area (Å²) >= 11 is 0. The predicted octanol–water partition coefficient (Wildman–Crippen LogP) is 7.45. The van der Waals surface area contributed by atoms with Crippen LogP contribution in [-0.4, -0.2) is 17.5 Å². The number of hydrogen-bond donors (Lipinski definition) is 0. The molecule has 0 aliphatic carbocycles. The second kappa shape index (κ2) is 8.96. The van der Waals surface area contributed by atoms with Crippen LogP contribution in [0.4, 0.5) is 11.6 Å². The third-order valence-corrected chi connectivity index (χ3v) is 6.86. The molecule has 1 radical (unpaired) electrons. The lowest BCUT2D eigenvalue weighted by atomic mass is 9.99. The van der Waals surface area contributed by atoms with Crippen molar-refractivity contribution in [2.75, 3.05) is 9.62 Å². The number of hydrogen-bond acceptors (Lipinski definition) is 4. The summed E-state index contributed by atoms with van der Waals surface area (Å²) in [5.74, 6) is 1.71. The monoisotopic (exact) mass is 473 g/mol. The maximum Gasteiger partial charge on any atom is 0.402 e. The van der Waals surface area contributed by atoms with Crippen molar-refractivity contribution in [3.8, 4) is 22.3 Å². The molecule has 1 aliphatic rings. The maximum absolute atomic E-state index is 4.75. The van der Waals surface area contributed by atoms with Crippen LogP contribution < -0.4 is 9.62 Å². The van der Waals surface area contributed by atoms with Crippen LogP contribution in [0.25, 0.3) is 43.8 Å². The average Bonchev–Trinajstić information content (AvgIpc) is 3.47. The first-order valence-corrected chi connectivity index (χ1v) is 12.3. The summed E-state index contributed by atoms with van der Waals surface area (Å²) in [4.78, 5) is 13.5. The molecule has 0 N–H and O–H groups in total. The molecule has 0 spiro atoms. The van der Waals surface area contributed by atoms with E-state index in [0.717, 1.165) is 22.8 Å². The summed E-state index contributed by atoms with van der Waals surface area (Å²) in [6.45, 7) is 0. The van der Waals surface area contributed by atoms with Gasteiger partial charge in [-0.3, -0.25) is 0 Å². The molecular weight excluding hydrogens is 451 g/mol. The van der Waals surface area contributed by atoms with Gasteiger partial charge < -0.3 is 9.62 Å². The van der Waals surface area contributed by atoms with Crippen molar-refractivity contribution in [1.82, 2.24) is 9.97 Å². The van der Waals surface area contributed by atoms with E-state index in [0.29, 0.717) is 0 Å². The number of anilines is 2. The Bertz CT molecular complexity index is 1620. The summed E-state index contributed by atoms with van der Waals surface area (Å²) in [6.07, 6.45) is 7.89. The molecule has 4 aromatic carbocycles. The summed E-state index contributed by atoms with van der Waals surface area (Å²) in [5, 5.41) is 4.93. The van der Waals surface area contributed by atoms with Crippen LogP contribution in [-0.2, 0) is 0 Å². The number of rotatable bonds is 4. The third-order valence-electron chi connectivity index (χ3n) is 6.86. The van der Waals surface area contributed by atoms with Crippen LogP contribution in [0.1, 0.15) is 0 Å². The second-order valence-electron chi connectivity index (χ2n) is 9.09. The zero-order chi connectivity index (χ0) is 24.6. The highest BCUT2D eigenvalue weighted by Crippen LogP contribution is 2.31. The number of fused-ring (bicyclic) bond motifs is 2. The number of aromatic nitrogens is 2. The lowest BCUT2D eigenvalue weighted by Crippen LogP contribution is -2.30. The summed E-state index contributed by atoms with van der Waals surface area (Å²) in [6, 6.07) is 38.0. The van der Waals surface area contributed by atoms with Crippen molar-refractivity contribution in [2.45, 2.75) is 0 Å². The highest BCUT2D eigenvalue weighted by atomic mass is 15.3. The molecule has 0 fully saturated rings. The standard InChI is InChI=1S/C32H22BN4/c1-3-11-27-23(7-1)9-5-13-29(27)25-15-17-31(34-21-25)36-19-20-37(33-36)32-18-16-26(22-35-32)30-14-6-10-24-8-2-4-12-28(24)30/h1-22H. The molecule has 5 heteroatoms. The van der Waals surface area contributed by atoms with E-state index in [4.69, 9.17) is 9.97 Å². The van der Waals surface area contributed by atoms with Gasteiger partial charge in [0.2, 0.25) is 0 Å². The molecule has 7 rings (SSSR count). The van der Waals surface area contributed by atoms with Gasteiger partial charge in [0, 0.05) is 35.9 Å². The fourth-order valence-electron chi connectivity index (χ4n) is 4.98. The first-order valence-electron chi connectivity index (χ1n) is 12.3. The highest BCUT2D eigenvalue weighted by Gasteiger charge is 2.21. The normalized spacial score (nSPS) is 12.9. The van der Waals surface area contributed by atoms with Gasteiger partial charge in [0.25, 0.3) is 0 Å². The molecule has 2 aromatic heterocycles. The van der Waals surface area contributed by atoms with Crippen LogP contribution in [0.5, 0.6) is 0 Å². The average molecular weight is 473 g/mol. The fraction of sp³-hybridized carbons (Fsp3) is 0. The molecule has 0 bridgehead atoms. The molecular formula is C32H22BN4. The molecule has 0 unspecified atom stereocenters. The Kier molecular flexibility index (Phi) is 5.18. The van der Waals surface area contributed by atoms with E-state index in [-0.39, 0.29) is 0 Å². The molecule has 4 nitrogen and oxygen atoms in total. The van der Waals surface area contributed by atoms with Crippen LogP contribution in [0.3, 0.4) is 0 Å². The molecule has 0 saturated carbocycles. The Hall–Kier alpha value is -4.90. The number of pyridine rings is 2. The van der Waals surface area contributed by atoms with Gasteiger partial charge in [-0.1, -0.05) is 84.9 Å². The summed E-state index contributed by atoms with van der Waals surface area (Å²) < 4.78 is 0. The first-order chi connectivity index (χ1) is 18.3. The van der Waals surface area contributed by atoms with Crippen molar-refractivity contribution in [3.05, 3.63) is 134 Å². The Morgan fingerprint density at radius 2 is 0.919 bits per heavy atom. The maximum atomic E-state index is 4.75. The molecule has 173 valence electrons. The lowest BCUT2D eigenvalue weighted by Gasteiger charge is -2.18. The van der Waals surface area contributed by atoms with Crippen molar-refractivity contribution < 1.29 is 0 Å². The fourth-order valence-corrected chi connectivity index (χ4v) is 4.98. The SMILES string of the molecule is [B]1N(c2ccc(-c3cccc4ccccc34)cn2)C=CN1c1ccc(-c2cccc3ccccc23)cn1. The summed E-state index contributed by atoms with van der Waals surface area (Å²) in [7, 11) is 2.00. The van der Waals surface area contributed by atoms with Gasteiger partial charge in [-0.05, 0) is 56.9 Å². The van der Waals surface area contributed by atoms with E-state index in [1.807, 2.05) is 42.0 Å². The van der Waals surface area contributed by atoms with Crippen LogP contribution >= 0.6 is 0 Å². The molecule has 3 heterocycles. The van der Waals surface area contributed by atoms with Gasteiger partial charge in [0.15, 0.2) is 0 Å². The van der Waals surface area contributed by atoms with Crippen LogP contribution in [0.15, 0.2) is 134 Å². The molecule has 0 saturated heterocycles.